The van der Waals surface area contributed by atoms with Crippen molar-refractivity contribution < 1.29 is 13.2 Å². The molecule has 1 unspecified atom stereocenters. The fraction of sp³-hybridized carbons (Fsp3) is 0.600. The molecule has 0 saturated carbocycles. The third-order valence-electron chi connectivity index (χ3n) is 3.68. The van der Waals surface area contributed by atoms with E-state index in [9.17, 15) is 8.42 Å². The topological polar surface area (TPSA) is 55.4 Å². The Bertz CT molecular complexity index is 605. The quantitative estimate of drug-likeness (QED) is 0.932. The van der Waals surface area contributed by atoms with Crippen molar-refractivity contribution in [3.05, 3.63) is 24.3 Å². The molecular weight excluding hydrogens is 274 g/mol. The van der Waals surface area contributed by atoms with Crippen LogP contribution in [0.15, 0.2) is 29.2 Å². The highest BCUT2D eigenvalue weighted by atomic mass is 32.2. The standard InChI is InChI=1S/C15H23NO3S/c1-14(2)10-13(15(3,4)19-14)16-11-7-6-8-12(9-11)20(5,17)18/h6-9,13,16H,10H2,1-5H3. The lowest BCUT2D eigenvalue weighted by molar-refractivity contribution is -0.0662. The first kappa shape index (κ1) is 15.3. The molecule has 1 aliphatic heterocycles. The van der Waals surface area contributed by atoms with Gasteiger partial charge in [0, 0.05) is 11.9 Å². The summed E-state index contributed by atoms with van der Waals surface area (Å²) in [6.45, 7) is 8.26. The van der Waals surface area contributed by atoms with Crippen LogP contribution < -0.4 is 5.32 Å². The van der Waals surface area contributed by atoms with Crippen molar-refractivity contribution in [3.63, 3.8) is 0 Å². The summed E-state index contributed by atoms with van der Waals surface area (Å²) in [5, 5.41) is 3.41. The molecule has 0 aliphatic carbocycles. The summed E-state index contributed by atoms with van der Waals surface area (Å²) in [4.78, 5) is 0.332. The Balaban J connectivity index is 2.23. The molecule has 0 aromatic heterocycles. The maximum atomic E-state index is 11.6. The van der Waals surface area contributed by atoms with Crippen molar-refractivity contribution in [2.75, 3.05) is 11.6 Å². The van der Waals surface area contributed by atoms with Gasteiger partial charge in [-0.05, 0) is 52.3 Å². The van der Waals surface area contributed by atoms with Crippen molar-refractivity contribution in [1.82, 2.24) is 0 Å². The summed E-state index contributed by atoms with van der Waals surface area (Å²) in [5.74, 6) is 0. The van der Waals surface area contributed by atoms with Crippen LogP contribution in [0.3, 0.4) is 0 Å². The number of rotatable bonds is 3. The van der Waals surface area contributed by atoms with Crippen LogP contribution in [0.4, 0.5) is 5.69 Å². The summed E-state index contributed by atoms with van der Waals surface area (Å²) in [5.41, 5.74) is 0.354. The summed E-state index contributed by atoms with van der Waals surface area (Å²) in [6, 6.07) is 7.08. The molecule has 1 aromatic rings. The Morgan fingerprint density at radius 1 is 1.25 bits per heavy atom. The second-order valence-corrected chi connectivity index (χ2v) is 8.68. The molecule has 2 rings (SSSR count). The number of anilines is 1. The fourth-order valence-corrected chi connectivity index (χ4v) is 3.47. The zero-order chi connectivity index (χ0) is 15.2. The maximum absolute atomic E-state index is 11.6. The molecule has 1 N–H and O–H groups in total. The average molecular weight is 297 g/mol. The minimum absolute atomic E-state index is 0.146. The first-order chi connectivity index (χ1) is 9.00. The van der Waals surface area contributed by atoms with Gasteiger partial charge in [-0.2, -0.15) is 0 Å². The van der Waals surface area contributed by atoms with Gasteiger partial charge >= 0.3 is 0 Å². The van der Waals surface area contributed by atoms with E-state index in [2.05, 4.69) is 33.0 Å². The largest absolute Gasteiger partial charge is 0.379 e. The normalized spacial score (nSPS) is 24.6. The van der Waals surface area contributed by atoms with Crippen LogP contribution in [0.25, 0.3) is 0 Å². The second kappa shape index (κ2) is 4.74. The highest BCUT2D eigenvalue weighted by molar-refractivity contribution is 7.90. The van der Waals surface area contributed by atoms with E-state index in [1.807, 2.05) is 6.07 Å². The van der Waals surface area contributed by atoms with E-state index in [4.69, 9.17) is 4.74 Å². The van der Waals surface area contributed by atoms with E-state index in [0.717, 1.165) is 12.1 Å². The van der Waals surface area contributed by atoms with Crippen molar-refractivity contribution in [2.24, 2.45) is 0 Å². The Hall–Kier alpha value is -1.07. The molecule has 1 saturated heterocycles. The first-order valence-electron chi connectivity index (χ1n) is 6.76. The van der Waals surface area contributed by atoms with Gasteiger partial charge < -0.3 is 10.1 Å². The average Bonchev–Trinajstić information content (AvgIpc) is 2.45. The predicted octanol–water partition coefficient (Wildman–Crippen LogP) is 2.85. The van der Waals surface area contributed by atoms with E-state index in [1.165, 1.54) is 6.26 Å². The lowest BCUT2D eigenvalue weighted by Gasteiger charge is -2.28. The predicted molar refractivity (Wildman–Crippen MR) is 80.8 cm³/mol. The lowest BCUT2D eigenvalue weighted by atomic mass is 9.94. The second-order valence-electron chi connectivity index (χ2n) is 6.67. The minimum atomic E-state index is -3.18. The van der Waals surface area contributed by atoms with Crippen molar-refractivity contribution in [2.45, 2.75) is 56.3 Å². The third-order valence-corrected chi connectivity index (χ3v) is 4.79. The van der Waals surface area contributed by atoms with E-state index >= 15 is 0 Å². The molecule has 1 fully saturated rings. The number of nitrogens with one attached hydrogen (secondary N) is 1. The zero-order valence-corrected chi connectivity index (χ0v) is 13.5. The zero-order valence-electron chi connectivity index (χ0n) is 12.7. The highest BCUT2D eigenvalue weighted by Crippen LogP contribution is 2.38. The lowest BCUT2D eigenvalue weighted by Crippen LogP contribution is -2.38. The Labute approximate surface area is 121 Å². The van der Waals surface area contributed by atoms with Crippen LogP contribution in [0.5, 0.6) is 0 Å². The van der Waals surface area contributed by atoms with Crippen molar-refractivity contribution >= 4 is 15.5 Å². The van der Waals surface area contributed by atoms with E-state index in [-0.39, 0.29) is 17.2 Å². The van der Waals surface area contributed by atoms with Gasteiger partial charge in [-0.25, -0.2) is 8.42 Å². The number of ether oxygens (including phenoxy) is 1. The van der Waals surface area contributed by atoms with Gasteiger partial charge in [0.15, 0.2) is 9.84 Å². The summed E-state index contributed by atoms with van der Waals surface area (Å²) >= 11 is 0. The molecule has 0 spiro atoms. The van der Waals surface area contributed by atoms with Crippen LogP contribution in [-0.2, 0) is 14.6 Å². The maximum Gasteiger partial charge on any atom is 0.175 e. The van der Waals surface area contributed by atoms with Crippen molar-refractivity contribution in [3.8, 4) is 0 Å². The van der Waals surface area contributed by atoms with Gasteiger partial charge in [0.1, 0.15) is 0 Å². The monoisotopic (exact) mass is 297 g/mol. The van der Waals surface area contributed by atoms with Gasteiger partial charge in [0.2, 0.25) is 0 Å². The molecule has 4 nitrogen and oxygen atoms in total. The number of hydrogen-bond acceptors (Lipinski definition) is 4. The first-order valence-corrected chi connectivity index (χ1v) is 8.66. The number of hydrogen-bond donors (Lipinski definition) is 1. The third kappa shape index (κ3) is 3.33. The van der Waals surface area contributed by atoms with Gasteiger partial charge in [-0.1, -0.05) is 6.07 Å². The Kier molecular flexibility index (Phi) is 3.63. The molecule has 1 aliphatic rings. The Morgan fingerprint density at radius 2 is 1.90 bits per heavy atom. The van der Waals surface area contributed by atoms with Gasteiger partial charge in [-0.3, -0.25) is 0 Å². The smallest absolute Gasteiger partial charge is 0.175 e. The minimum Gasteiger partial charge on any atom is -0.379 e. The molecule has 0 radical (unpaired) electrons. The molecule has 0 amide bonds. The Morgan fingerprint density at radius 3 is 2.40 bits per heavy atom. The molecule has 1 atom stereocenters. The number of sulfone groups is 1. The van der Waals surface area contributed by atoms with E-state index < -0.39 is 9.84 Å². The molecule has 1 heterocycles. The van der Waals surface area contributed by atoms with E-state index in [0.29, 0.717) is 4.90 Å². The van der Waals surface area contributed by atoms with Crippen molar-refractivity contribution in [1.29, 1.82) is 0 Å². The molecular formula is C15H23NO3S. The molecule has 1 aromatic carbocycles. The summed E-state index contributed by atoms with van der Waals surface area (Å²) < 4.78 is 29.2. The van der Waals surface area contributed by atoms with E-state index in [1.54, 1.807) is 18.2 Å². The van der Waals surface area contributed by atoms with Crippen LogP contribution in [0.1, 0.15) is 34.1 Å². The van der Waals surface area contributed by atoms with Gasteiger partial charge in [0.25, 0.3) is 0 Å². The molecule has 0 bridgehead atoms. The van der Waals surface area contributed by atoms with Gasteiger partial charge in [0.05, 0.1) is 22.1 Å². The highest BCUT2D eigenvalue weighted by Gasteiger charge is 2.45. The number of benzene rings is 1. The molecule has 20 heavy (non-hydrogen) atoms. The fourth-order valence-electron chi connectivity index (χ4n) is 2.80. The SMILES string of the molecule is CC1(C)CC(Nc2cccc(S(C)(=O)=O)c2)C(C)(C)O1. The van der Waals surface area contributed by atoms with Crippen LogP contribution >= 0.6 is 0 Å². The molecule has 5 heteroatoms. The summed E-state index contributed by atoms with van der Waals surface area (Å²) in [6.07, 6.45) is 2.10. The van der Waals surface area contributed by atoms with Gasteiger partial charge in [-0.15, -0.1) is 0 Å². The van der Waals surface area contributed by atoms with Crippen LogP contribution in [-0.4, -0.2) is 31.9 Å². The molecule has 112 valence electrons. The van der Waals surface area contributed by atoms with Crippen LogP contribution in [0, 0.1) is 0 Å². The van der Waals surface area contributed by atoms with Crippen LogP contribution in [0.2, 0.25) is 0 Å². The summed E-state index contributed by atoms with van der Waals surface area (Å²) in [7, 11) is -3.18.